The normalized spacial score (nSPS) is 10.9. The van der Waals surface area contributed by atoms with Gasteiger partial charge in [-0.15, -0.1) is 0 Å². The van der Waals surface area contributed by atoms with E-state index in [0.717, 1.165) is 12.0 Å². The van der Waals surface area contributed by atoms with Gasteiger partial charge < -0.3 is 19.8 Å². The molecule has 2 heterocycles. The number of nitrogens with two attached hydrogens (primary N) is 1. The Morgan fingerprint density at radius 3 is 2.64 bits per heavy atom. The lowest BCUT2D eigenvalue weighted by atomic mass is 10.1. The summed E-state index contributed by atoms with van der Waals surface area (Å²) in [5, 5.41) is 0. The van der Waals surface area contributed by atoms with Crippen LogP contribution in [0.5, 0.6) is 11.5 Å². The number of nitrogens with zero attached hydrogens (tertiary/aromatic N) is 4. The summed E-state index contributed by atoms with van der Waals surface area (Å²) in [6.45, 7) is 4.67. The molecule has 0 aliphatic rings. The van der Waals surface area contributed by atoms with E-state index in [1.54, 1.807) is 14.2 Å². The van der Waals surface area contributed by atoms with Crippen molar-refractivity contribution in [2.75, 3.05) is 20.0 Å². The summed E-state index contributed by atoms with van der Waals surface area (Å²) in [5.74, 6) is 2.17. The van der Waals surface area contributed by atoms with Gasteiger partial charge in [0.1, 0.15) is 17.3 Å². The van der Waals surface area contributed by atoms with Crippen LogP contribution in [-0.2, 0) is 13.0 Å². The number of fused-ring (bicyclic) bond motifs is 1. The lowest BCUT2D eigenvalue weighted by molar-refractivity contribution is 0.399. The second-order valence-electron chi connectivity index (χ2n) is 6.65. The van der Waals surface area contributed by atoms with Crippen LogP contribution in [0.3, 0.4) is 0 Å². The SMILES string of the molecule is COc1ccc(OC)c(Cc2nc3c(N)nc(F)nc3n2CCC=C(C)C)c1. The van der Waals surface area contributed by atoms with Crippen molar-refractivity contribution in [1.82, 2.24) is 19.5 Å². The zero-order valence-electron chi connectivity index (χ0n) is 16.5. The maximum absolute atomic E-state index is 13.8. The number of ether oxygens (including phenoxy) is 2. The number of hydrogen-bond acceptors (Lipinski definition) is 6. The number of aryl methyl sites for hydroxylation is 1. The molecule has 0 atom stereocenters. The Labute approximate surface area is 163 Å². The summed E-state index contributed by atoms with van der Waals surface area (Å²) in [6.07, 6.45) is 2.47. The lowest BCUT2D eigenvalue weighted by Gasteiger charge is -2.12. The average Bonchev–Trinajstić information content (AvgIpc) is 2.99. The number of hydrogen-bond donors (Lipinski definition) is 1. The molecule has 1 aromatic carbocycles. The van der Waals surface area contributed by atoms with E-state index in [0.29, 0.717) is 41.5 Å². The quantitative estimate of drug-likeness (QED) is 0.495. The Morgan fingerprint density at radius 2 is 1.96 bits per heavy atom. The van der Waals surface area contributed by atoms with Crippen LogP contribution in [0, 0.1) is 6.08 Å². The van der Waals surface area contributed by atoms with Crippen molar-refractivity contribution < 1.29 is 13.9 Å². The molecule has 0 saturated heterocycles. The molecule has 0 aliphatic heterocycles. The zero-order chi connectivity index (χ0) is 20.3. The molecule has 0 radical (unpaired) electrons. The highest BCUT2D eigenvalue weighted by Crippen LogP contribution is 2.28. The number of halogens is 1. The monoisotopic (exact) mass is 385 g/mol. The third-order valence-electron chi connectivity index (χ3n) is 4.41. The van der Waals surface area contributed by atoms with Gasteiger partial charge in [-0.2, -0.15) is 14.4 Å². The fraction of sp³-hybridized carbons (Fsp3) is 0.350. The van der Waals surface area contributed by atoms with Gasteiger partial charge >= 0.3 is 6.08 Å². The van der Waals surface area contributed by atoms with Crippen LogP contribution >= 0.6 is 0 Å². The molecule has 0 spiro atoms. The van der Waals surface area contributed by atoms with E-state index in [1.165, 1.54) is 5.57 Å². The predicted molar refractivity (Wildman–Crippen MR) is 106 cm³/mol. The van der Waals surface area contributed by atoms with Crippen LogP contribution in [0.15, 0.2) is 29.8 Å². The second-order valence-corrected chi connectivity index (χ2v) is 6.65. The summed E-state index contributed by atoms with van der Waals surface area (Å²) in [5.41, 5.74) is 8.78. The van der Waals surface area contributed by atoms with Gasteiger partial charge in [0.25, 0.3) is 0 Å². The summed E-state index contributed by atoms with van der Waals surface area (Å²) < 4.78 is 26.5. The number of benzene rings is 1. The molecule has 2 aromatic heterocycles. The molecular weight excluding hydrogens is 361 g/mol. The van der Waals surface area contributed by atoms with Gasteiger partial charge in [-0.1, -0.05) is 11.6 Å². The summed E-state index contributed by atoms with van der Waals surface area (Å²) >= 11 is 0. The van der Waals surface area contributed by atoms with Gasteiger partial charge in [0, 0.05) is 18.5 Å². The van der Waals surface area contributed by atoms with Crippen LogP contribution in [0.25, 0.3) is 11.2 Å². The molecule has 8 heteroatoms. The Balaban J connectivity index is 2.09. The molecule has 0 fully saturated rings. The molecule has 3 rings (SSSR count). The summed E-state index contributed by atoms with van der Waals surface area (Å²) in [6, 6.07) is 5.57. The van der Waals surface area contributed by atoms with Crippen LogP contribution in [0.2, 0.25) is 0 Å². The minimum absolute atomic E-state index is 0.0299. The topological polar surface area (TPSA) is 88.1 Å². The van der Waals surface area contributed by atoms with Crippen LogP contribution in [0.1, 0.15) is 31.7 Å². The average molecular weight is 385 g/mol. The van der Waals surface area contributed by atoms with E-state index in [1.807, 2.05) is 36.6 Å². The number of nitrogen functional groups attached to an aromatic ring is 1. The molecule has 28 heavy (non-hydrogen) atoms. The van der Waals surface area contributed by atoms with E-state index >= 15 is 0 Å². The van der Waals surface area contributed by atoms with Crippen molar-refractivity contribution in [3.8, 4) is 11.5 Å². The molecule has 0 saturated carbocycles. The minimum atomic E-state index is -0.862. The van der Waals surface area contributed by atoms with Gasteiger partial charge in [0.2, 0.25) is 0 Å². The summed E-state index contributed by atoms with van der Waals surface area (Å²) in [7, 11) is 3.22. The molecule has 0 aliphatic carbocycles. The minimum Gasteiger partial charge on any atom is -0.497 e. The number of imidazole rings is 1. The van der Waals surface area contributed by atoms with Crippen molar-refractivity contribution in [1.29, 1.82) is 0 Å². The fourth-order valence-electron chi connectivity index (χ4n) is 3.08. The molecule has 0 bridgehead atoms. The molecule has 0 amide bonds. The van der Waals surface area contributed by atoms with E-state index < -0.39 is 6.08 Å². The number of allylic oxidation sites excluding steroid dienone is 2. The number of anilines is 1. The van der Waals surface area contributed by atoms with Crippen molar-refractivity contribution in [2.45, 2.75) is 33.2 Å². The molecule has 148 valence electrons. The summed E-state index contributed by atoms with van der Waals surface area (Å²) in [4.78, 5) is 12.1. The molecule has 7 nitrogen and oxygen atoms in total. The van der Waals surface area contributed by atoms with Crippen molar-refractivity contribution in [3.05, 3.63) is 47.3 Å². The number of methoxy groups -OCH3 is 2. The molecule has 3 aromatic rings. The fourth-order valence-corrected chi connectivity index (χ4v) is 3.08. The van der Waals surface area contributed by atoms with Gasteiger partial charge in [-0.25, -0.2) is 4.98 Å². The zero-order valence-corrected chi connectivity index (χ0v) is 16.5. The standard InChI is InChI=1S/C20H24FN5O2/c1-12(2)6-5-9-26-16(23-17-18(22)24-20(21)25-19(17)26)11-13-10-14(27-3)7-8-15(13)28-4/h6-8,10H,5,9,11H2,1-4H3,(H2,22,24,25). The van der Waals surface area contributed by atoms with Gasteiger partial charge in [-0.05, 0) is 38.5 Å². The third kappa shape index (κ3) is 4.05. The predicted octanol–water partition coefficient (Wildman–Crippen LogP) is 3.51. The van der Waals surface area contributed by atoms with E-state index in [4.69, 9.17) is 15.2 Å². The Bertz CT molecular complexity index is 1030. The highest BCUT2D eigenvalue weighted by Gasteiger charge is 2.18. The van der Waals surface area contributed by atoms with Crippen molar-refractivity contribution in [3.63, 3.8) is 0 Å². The Hall–Kier alpha value is -3.16. The number of rotatable bonds is 7. The Morgan fingerprint density at radius 1 is 1.18 bits per heavy atom. The largest absolute Gasteiger partial charge is 0.497 e. The van der Waals surface area contributed by atoms with Gasteiger partial charge in [-0.3, -0.25) is 0 Å². The van der Waals surface area contributed by atoms with Crippen LogP contribution < -0.4 is 15.2 Å². The first-order valence-electron chi connectivity index (χ1n) is 8.95. The van der Waals surface area contributed by atoms with Gasteiger partial charge in [0.15, 0.2) is 17.0 Å². The first-order chi connectivity index (χ1) is 13.4. The van der Waals surface area contributed by atoms with Crippen molar-refractivity contribution in [2.24, 2.45) is 0 Å². The third-order valence-corrected chi connectivity index (χ3v) is 4.41. The van der Waals surface area contributed by atoms with E-state index in [-0.39, 0.29) is 5.82 Å². The maximum atomic E-state index is 13.8. The Kier molecular flexibility index (Phi) is 5.77. The van der Waals surface area contributed by atoms with E-state index in [9.17, 15) is 4.39 Å². The number of aromatic nitrogens is 4. The first-order valence-corrected chi connectivity index (χ1v) is 8.95. The smallest absolute Gasteiger partial charge is 0.312 e. The van der Waals surface area contributed by atoms with Crippen LogP contribution in [-0.4, -0.2) is 33.7 Å². The first kappa shape index (κ1) is 19.6. The van der Waals surface area contributed by atoms with Crippen molar-refractivity contribution >= 4 is 17.0 Å². The highest BCUT2D eigenvalue weighted by molar-refractivity contribution is 5.82. The molecule has 2 N–H and O–H groups in total. The second kappa shape index (κ2) is 8.24. The van der Waals surface area contributed by atoms with E-state index in [2.05, 4.69) is 21.0 Å². The lowest BCUT2D eigenvalue weighted by Crippen LogP contribution is -2.07. The van der Waals surface area contributed by atoms with Crippen LogP contribution in [0.4, 0.5) is 10.2 Å². The highest BCUT2D eigenvalue weighted by atomic mass is 19.1. The molecule has 0 unspecified atom stereocenters. The maximum Gasteiger partial charge on any atom is 0.312 e. The molecular formula is C20H24FN5O2. The van der Waals surface area contributed by atoms with Gasteiger partial charge in [0.05, 0.1) is 14.2 Å².